The number of hydrazine groups is 1. The first-order valence-electron chi connectivity index (χ1n) is 5.85. The maximum absolute atomic E-state index is 11.3. The number of nitrogens with one attached hydrogen (secondary N) is 1. The van der Waals surface area contributed by atoms with Crippen LogP contribution in [0.3, 0.4) is 0 Å². The van der Waals surface area contributed by atoms with Crippen LogP contribution in [-0.4, -0.2) is 19.1 Å². The van der Waals surface area contributed by atoms with Crippen LogP contribution in [0.1, 0.15) is 39.0 Å². The maximum Gasteiger partial charge on any atom is 0.306 e. The highest BCUT2D eigenvalue weighted by Gasteiger charge is 2.22. The Bertz CT molecular complexity index is 189. The standard InChI is InChI=1S/C11H22N2O2/c1-2-15-11(14)7-9-3-5-10(6-4-9)8-13-12/h9-10,13H,2-8,12H2,1H3. The van der Waals surface area contributed by atoms with Crippen molar-refractivity contribution in [2.24, 2.45) is 17.7 Å². The number of carbonyl (C=O) groups excluding carboxylic acids is 1. The Balaban J connectivity index is 2.16. The lowest BCUT2D eigenvalue weighted by atomic mass is 9.80. The first kappa shape index (κ1) is 12.5. The zero-order valence-corrected chi connectivity index (χ0v) is 9.50. The van der Waals surface area contributed by atoms with E-state index < -0.39 is 0 Å². The van der Waals surface area contributed by atoms with E-state index in [9.17, 15) is 4.79 Å². The first-order valence-corrected chi connectivity index (χ1v) is 5.85. The van der Waals surface area contributed by atoms with E-state index in [-0.39, 0.29) is 5.97 Å². The molecule has 1 saturated carbocycles. The highest BCUT2D eigenvalue weighted by Crippen LogP contribution is 2.30. The topological polar surface area (TPSA) is 64.3 Å². The Morgan fingerprint density at radius 1 is 1.33 bits per heavy atom. The van der Waals surface area contributed by atoms with Crippen LogP contribution in [0.25, 0.3) is 0 Å². The first-order chi connectivity index (χ1) is 7.26. The van der Waals surface area contributed by atoms with E-state index in [0.29, 0.717) is 24.9 Å². The number of nitrogens with two attached hydrogens (primary N) is 1. The molecule has 1 aliphatic carbocycles. The fourth-order valence-corrected chi connectivity index (χ4v) is 2.26. The second kappa shape index (κ2) is 6.80. The Labute approximate surface area is 91.5 Å². The lowest BCUT2D eigenvalue weighted by molar-refractivity contribution is -0.144. The number of carbonyl (C=O) groups is 1. The van der Waals surface area contributed by atoms with E-state index in [1.165, 1.54) is 12.8 Å². The molecule has 0 aromatic rings. The Kier molecular flexibility index (Phi) is 5.65. The average Bonchev–Trinajstić information content (AvgIpc) is 2.22. The van der Waals surface area contributed by atoms with Crippen LogP contribution in [0.15, 0.2) is 0 Å². The molecular formula is C11H22N2O2. The molecule has 0 bridgehead atoms. The van der Waals surface area contributed by atoms with Gasteiger partial charge >= 0.3 is 5.97 Å². The second-order valence-corrected chi connectivity index (χ2v) is 4.30. The van der Waals surface area contributed by atoms with Gasteiger partial charge in [0.05, 0.1) is 6.61 Å². The zero-order valence-electron chi connectivity index (χ0n) is 9.50. The highest BCUT2D eigenvalue weighted by molar-refractivity contribution is 5.69. The average molecular weight is 214 g/mol. The van der Waals surface area contributed by atoms with E-state index in [2.05, 4.69) is 5.43 Å². The summed E-state index contributed by atoms with van der Waals surface area (Å²) in [5.41, 5.74) is 2.72. The van der Waals surface area contributed by atoms with Crippen molar-refractivity contribution in [1.29, 1.82) is 0 Å². The lowest BCUT2D eigenvalue weighted by Gasteiger charge is -2.27. The molecule has 0 amide bonds. The molecule has 1 fully saturated rings. The molecule has 0 spiro atoms. The lowest BCUT2D eigenvalue weighted by Crippen LogP contribution is -2.31. The molecule has 1 rings (SSSR count). The third-order valence-corrected chi connectivity index (χ3v) is 3.13. The normalized spacial score (nSPS) is 26.3. The zero-order chi connectivity index (χ0) is 11.1. The summed E-state index contributed by atoms with van der Waals surface area (Å²) in [5, 5.41) is 0. The van der Waals surface area contributed by atoms with Gasteiger partial charge in [0.1, 0.15) is 0 Å². The Morgan fingerprint density at radius 3 is 2.47 bits per heavy atom. The molecule has 0 aromatic carbocycles. The largest absolute Gasteiger partial charge is 0.466 e. The fourth-order valence-electron chi connectivity index (χ4n) is 2.26. The van der Waals surface area contributed by atoms with E-state index in [0.717, 1.165) is 19.4 Å². The monoisotopic (exact) mass is 214 g/mol. The van der Waals surface area contributed by atoms with Crippen LogP contribution in [-0.2, 0) is 9.53 Å². The minimum absolute atomic E-state index is 0.0436. The van der Waals surface area contributed by atoms with Gasteiger partial charge in [-0.25, -0.2) is 0 Å². The van der Waals surface area contributed by atoms with Gasteiger partial charge in [-0.15, -0.1) is 0 Å². The van der Waals surface area contributed by atoms with Gasteiger partial charge in [-0.1, -0.05) is 0 Å². The molecule has 3 N–H and O–H groups in total. The number of hydrogen-bond acceptors (Lipinski definition) is 4. The maximum atomic E-state index is 11.3. The van der Waals surface area contributed by atoms with Crippen molar-refractivity contribution < 1.29 is 9.53 Å². The van der Waals surface area contributed by atoms with Crippen molar-refractivity contribution in [1.82, 2.24) is 5.43 Å². The molecule has 0 heterocycles. The third-order valence-electron chi connectivity index (χ3n) is 3.13. The van der Waals surface area contributed by atoms with Gasteiger partial charge in [0, 0.05) is 13.0 Å². The van der Waals surface area contributed by atoms with Crippen LogP contribution >= 0.6 is 0 Å². The minimum atomic E-state index is -0.0436. The third kappa shape index (κ3) is 4.62. The summed E-state index contributed by atoms with van der Waals surface area (Å²) in [4.78, 5) is 11.3. The van der Waals surface area contributed by atoms with Gasteiger partial charge in [-0.2, -0.15) is 0 Å². The van der Waals surface area contributed by atoms with Crippen molar-refractivity contribution in [3.8, 4) is 0 Å². The predicted molar refractivity (Wildman–Crippen MR) is 58.9 cm³/mol. The molecule has 88 valence electrons. The van der Waals surface area contributed by atoms with Crippen LogP contribution < -0.4 is 11.3 Å². The Morgan fingerprint density at radius 2 is 1.93 bits per heavy atom. The van der Waals surface area contributed by atoms with E-state index in [1.54, 1.807) is 0 Å². The van der Waals surface area contributed by atoms with Crippen LogP contribution in [0.2, 0.25) is 0 Å². The predicted octanol–water partition coefficient (Wildman–Crippen LogP) is 1.21. The highest BCUT2D eigenvalue weighted by atomic mass is 16.5. The van der Waals surface area contributed by atoms with Gasteiger partial charge in [0.25, 0.3) is 0 Å². The quantitative estimate of drug-likeness (QED) is 0.410. The number of esters is 1. The molecule has 4 heteroatoms. The molecule has 0 atom stereocenters. The van der Waals surface area contributed by atoms with Crippen molar-refractivity contribution in [3.05, 3.63) is 0 Å². The molecule has 15 heavy (non-hydrogen) atoms. The number of rotatable bonds is 5. The molecule has 0 saturated heterocycles. The van der Waals surface area contributed by atoms with E-state index >= 15 is 0 Å². The molecule has 4 nitrogen and oxygen atoms in total. The van der Waals surface area contributed by atoms with Gasteiger partial charge in [-0.05, 0) is 44.4 Å². The summed E-state index contributed by atoms with van der Waals surface area (Å²) in [7, 11) is 0. The summed E-state index contributed by atoms with van der Waals surface area (Å²) in [5.74, 6) is 6.46. The number of ether oxygens (including phenoxy) is 1. The van der Waals surface area contributed by atoms with Gasteiger partial charge in [0.15, 0.2) is 0 Å². The molecule has 0 aromatic heterocycles. The van der Waals surface area contributed by atoms with Gasteiger partial charge in [0.2, 0.25) is 0 Å². The van der Waals surface area contributed by atoms with Crippen molar-refractivity contribution in [2.75, 3.05) is 13.2 Å². The molecule has 0 radical (unpaired) electrons. The van der Waals surface area contributed by atoms with E-state index in [4.69, 9.17) is 10.6 Å². The van der Waals surface area contributed by atoms with E-state index in [1.807, 2.05) is 6.92 Å². The van der Waals surface area contributed by atoms with Crippen LogP contribution in [0.4, 0.5) is 0 Å². The summed E-state index contributed by atoms with van der Waals surface area (Å²) in [6.07, 6.45) is 5.20. The SMILES string of the molecule is CCOC(=O)CC1CCC(CNN)CC1. The molecule has 0 unspecified atom stereocenters. The van der Waals surface area contributed by atoms with Gasteiger partial charge in [-0.3, -0.25) is 16.1 Å². The molecular weight excluding hydrogens is 192 g/mol. The summed E-state index contributed by atoms with van der Waals surface area (Å²) in [6.45, 7) is 3.24. The van der Waals surface area contributed by atoms with Crippen molar-refractivity contribution >= 4 is 5.97 Å². The van der Waals surface area contributed by atoms with Crippen molar-refractivity contribution in [3.63, 3.8) is 0 Å². The smallest absolute Gasteiger partial charge is 0.306 e. The minimum Gasteiger partial charge on any atom is -0.466 e. The van der Waals surface area contributed by atoms with Gasteiger partial charge < -0.3 is 4.74 Å². The van der Waals surface area contributed by atoms with Crippen LogP contribution in [0.5, 0.6) is 0 Å². The summed E-state index contributed by atoms with van der Waals surface area (Å²) < 4.78 is 4.95. The fraction of sp³-hybridized carbons (Fsp3) is 0.909. The summed E-state index contributed by atoms with van der Waals surface area (Å²) >= 11 is 0. The number of hydrogen-bond donors (Lipinski definition) is 2. The van der Waals surface area contributed by atoms with Crippen LogP contribution in [0, 0.1) is 11.8 Å². The van der Waals surface area contributed by atoms with Crippen molar-refractivity contribution in [2.45, 2.75) is 39.0 Å². The Hall–Kier alpha value is -0.610. The molecule has 0 aliphatic heterocycles. The summed E-state index contributed by atoms with van der Waals surface area (Å²) in [6, 6.07) is 0. The molecule has 1 aliphatic rings. The second-order valence-electron chi connectivity index (χ2n) is 4.30.